The van der Waals surface area contributed by atoms with Crippen molar-refractivity contribution in [3.05, 3.63) is 23.5 Å². The Morgan fingerprint density at radius 2 is 1.68 bits per heavy atom. The largest absolute Gasteiger partial charge is 0.466 e. The number of carbonyl (C=O) groups is 2. The molecule has 2 N–H and O–H groups in total. The van der Waals surface area contributed by atoms with Crippen molar-refractivity contribution in [3.8, 4) is 0 Å². The van der Waals surface area contributed by atoms with E-state index in [-0.39, 0.29) is 17.9 Å². The molecular formula is C28H48O6. The Labute approximate surface area is 206 Å². The first-order valence-corrected chi connectivity index (χ1v) is 13.5. The van der Waals surface area contributed by atoms with Crippen molar-refractivity contribution in [1.82, 2.24) is 0 Å². The number of aliphatic hydroxyl groups excluding tert-OH is 2. The van der Waals surface area contributed by atoms with E-state index in [4.69, 9.17) is 9.47 Å². The van der Waals surface area contributed by atoms with Crippen molar-refractivity contribution in [1.29, 1.82) is 0 Å². The quantitative estimate of drug-likeness (QED) is 0.131. The summed E-state index contributed by atoms with van der Waals surface area (Å²) < 4.78 is 10.8. The number of carbonyl (C=O) groups excluding carboxylic acids is 2. The predicted molar refractivity (Wildman–Crippen MR) is 135 cm³/mol. The molecule has 0 aromatic heterocycles. The number of ether oxygens (including phenoxy) is 2. The van der Waals surface area contributed by atoms with Crippen LogP contribution < -0.4 is 0 Å². The van der Waals surface area contributed by atoms with Crippen LogP contribution in [0.5, 0.6) is 0 Å². The summed E-state index contributed by atoms with van der Waals surface area (Å²) in [6.07, 6.45) is 14.5. The van der Waals surface area contributed by atoms with Crippen LogP contribution in [0.25, 0.3) is 0 Å². The number of aliphatic hydroxyl groups is 2. The number of hydrogen-bond donors (Lipinski definition) is 2. The van der Waals surface area contributed by atoms with Crippen LogP contribution in [0, 0.1) is 5.92 Å². The van der Waals surface area contributed by atoms with Gasteiger partial charge in [-0.2, -0.15) is 0 Å². The molecule has 0 aromatic carbocycles. The summed E-state index contributed by atoms with van der Waals surface area (Å²) in [5.74, 6) is -0.0183. The molecule has 6 heteroatoms. The lowest BCUT2D eigenvalue weighted by atomic mass is 9.93. The van der Waals surface area contributed by atoms with Gasteiger partial charge in [0, 0.05) is 25.2 Å². The second kappa shape index (κ2) is 18.6. The van der Waals surface area contributed by atoms with Crippen LogP contribution in [0.4, 0.5) is 0 Å². The summed E-state index contributed by atoms with van der Waals surface area (Å²) in [6.45, 7) is 6.65. The van der Waals surface area contributed by atoms with Gasteiger partial charge in [-0.15, -0.1) is 0 Å². The van der Waals surface area contributed by atoms with Gasteiger partial charge in [0.2, 0.25) is 0 Å². The minimum absolute atomic E-state index is 0.122. The highest BCUT2D eigenvalue weighted by atomic mass is 16.5. The molecule has 0 saturated carbocycles. The smallest absolute Gasteiger partial charge is 0.310 e. The van der Waals surface area contributed by atoms with Gasteiger partial charge in [-0.05, 0) is 44.1 Å². The second-order valence-corrected chi connectivity index (χ2v) is 9.41. The predicted octanol–water partition coefficient (Wildman–Crippen LogP) is 6.15. The highest BCUT2D eigenvalue weighted by Crippen LogP contribution is 2.37. The molecule has 3 unspecified atom stereocenters. The fraction of sp³-hybridized carbons (Fsp3) is 0.786. The third-order valence-corrected chi connectivity index (χ3v) is 6.24. The molecule has 0 amide bonds. The summed E-state index contributed by atoms with van der Waals surface area (Å²) in [6, 6.07) is 0. The Kier molecular flexibility index (Phi) is 16.7. The first-order chi connectivity index (χ1) is 16.4. The van der Waals surface area contributed by atoms with Gasteiger partial charge in [-0.1, -0.05) is 71.4 Å². The molecule has 0 spiro atoms. The average Bonchev–Trinajstić information content (AvgIpc) is 3.08. The molecule has 1 aliphatic rings. The molecule has 0 aromatic rings. The topological polar surface area (TPSA) is 93.1 Å². The van der Waals surface area contributed by atoms with Crippen molar-refractivity contribution >= 4 is 11.9 Å². The Morgan fingerprint density at radius 1 is 0.941 bits per heavy atom. The van der Waals surface area contributed by atoms with Crippen LogP contribution >= 0.6 is 0 Å². The average molecular weight is 481 g/mol. The van der Waals surface area contributed by atoms with E-state index in [2.05, 4.69) is 13.8 Å². The minimum Gasteiger partial charge on any atom is -0.466 e. The third-order valence-electron chi connectivity index (χ3n) is 6.24. The van der Waals surface area contributed by atoms with Crippen LogP contribution in [0.3, 0.4) is 0 Å². The van der Waals surface area contributed by atoms with Crippen LogP contribution in [-0.2, 0) is 19.1 Å². The number of rotatable bonds is 19. The van der Waals surface area contributed by atoms with E-state index < -0.39 is 12.2 Å². The van der Waals surface area contributed by atoms with E-state index in [0.717, 1.165) is 76.2 Å². The molecule has 1 aliphatic carbocycles. The van der Waals surface area contributed by atoms with Crippen molar-refractivity contribution in [2.24, 2.45) is 5.92 Å². The van der Waals surface area contributed by atoms with Gasteiger partial charge in [-0.25, -0.2) is 0 Å². The molecule has 0 radical (unpaired) electrons. The van der Waals surface area contributed by atoms with Crippen molar-refractivity contribution < 1.29 is 29.3 Å². The summed E-state index contributed by atoms with van der Waals surface area (Å²) in [5, 5.41) is 20.9. The van der Waals surface area contributed by atoms with Gasteiger partial charge >= 0.3 is 11.9 Å². The van der Waals surface area contributed by atoms with E-state index in [1.165, 1.54) is 0 Å². The van der Waals surface area contributed by atoms with Crippen molar-refractivity contribution in [2.45, 2.75) is 129 Å². The molecule has 3 atom stereocenters. The fourth-order valence-electron chi connectivity index (χ4n) is 4.20. The molecule has 0 fully saturated rings. The van der Waals surface area contributed by atoms with Gasteiger partial charge in [0.1, 0.15) is 5.76 Å². The lowest BCUT2D eigenvalue weighted by Crippen LogP contribution is -2.15. The summed E-state index contributed by atoms with van der Waals surface area (Å²) in [4.78, 5) is 23.8. The van der Waals surface area contributed by atoms with Crippen LogP contribution in [-0.4, -0.2) is 41.0 Å². The first kappa shape index (κ1) is 30.4. The molecule has 0 heterocycles. The minimum atomic E-state index is -0.642. The molecule has 6 nitrogen and oxygen atoms in total. The van der Waals surface area contributed by atoms with Gasteiger partial charge in [0.25, 0.3) is 0 Å². The maximum atomic E-state index is 12.1. The molecule has 34 heavy (non-hydrogen) atoms. The Hall–Kier alpha value is -1.66. The highest BCUT2D eigenvalue weighted by Gasteiger charge is 2.33. The van der Waals surface area contributed by atoms with Crippen LogP contribution in [0.15, 0.2) is 23.5 Å². The van der Waals surface area contributed by atoms with Crippen LogP contribution in [0.2, 0.25) is 0 Å². The van der Waals surface area contributed by atoms with Gasteiger partial charge < -0.3 is 19.7 Å². The second-order valence-electron chi connectivity index (χ2n) is 9.41. The zero-order valence-corrected chi connectivity index (χ0v) is 21.7. The maximum absolute atomic E-state index is 12.1. The molecule has 1 rings (SSSR count). The third kappa shape index (κ3) is 12.7. The lowest BCUT2D eigenvalue weighted by molar-refractivity contribution is -0.144. The zero-order chi connectivity index (χ0) is 25.2. The van der Waals surface area contributed by atoms with Crippen molar-refractivity contribution in [3.63, 3.8) is 0 Å². The van der Waals surface area contributed by atoms with Gasteiger partial charge in [0.15, 0.2) is 0 Å². The van der Waals surface area contributed by atoms with E-state index >= 15 is 0 Å². The van der Waals surface area contributed by atoms with Crippen molar-refractivity contribution in [2.75, 3.05) is 6.61 Å². The molecular weight excluding hydrogens is 432 g/mol. The highest BCUT2D eigenvalue weighted by molar-refractivity contribution is 5.70. The Balaban J connectivity index is 2.62. The fourth-order valence-corrected chi connectivity index (χ4v) is 4.20. The molecule has 0 bridgehead atoms. The van der Waals surface area contributed by atoms with Gasteiger partial charge in [0.05, 0.1) is 18.8 Å². The Bertz CT molecular complexity index is 639. The lowest BCUT2D eigenvalue weighted by Gasteiger charge is -2.16. The standard InChI is InChI=1S/C28H48O6/c1-4-7-11-15-22(29)18-19-23-24(26(21-25(23)30)34-28(32)14-6-3)16-12-9-10-13-17-27(31)33-20-8-5-2/h18-19,22-23,25,29-30H,4-17,20-21H2,1-3H3. The summed E-state index contributed by atoms with van der Waals surface area (Å²) in [5.41, 5.74) is 0.966. The van der Waals surface area contributed by atoms with E-state index in [1.54, 1.807) is 6.08 Å². The maximum Gasteiger partial charge on any atom is 0.310 e. The monoisotopic (exact) mass is 480 g/mol. The van der Waals surface area contributed by atoms with Gasteiger partial charge in [-0.3, -0.25) is 9.59 Å². The van der Waals surface area contributed by atoms with Crippen LogP contribution in [0.1, 0.15) is 117 Å². The van der Waals surface area contributed by atoms with E-state index in [9.17, 15) is 19.8 Å². The molecule has 0 saturated heterocycles. The van der Waals surface area contributed by atoms with E-state index in [0.29, 0.717) is 38.0 Å². The first-order valence-electron chi connectivity index (χ1n) is 13.5. The summed E-state index contributed by atoms with van der Waals surface area (Å²) >= 11 is 0. The molecule has 196 valence electrons. The molecule has 0 aliphatic heterocycles. The number of unbranched alkanes of at least 4 members (excludes halogenated alkanes) is 6. The Morgan fingerprint density at radius 3 is 2.38 bits per heavy atom. The SMILES string of the molecule is CCCCCC(O)C=CC1C(CCCCCCC(=O)OCCCC)=C(OC(=O)CCC)CC1O. The number of hydrogen-bond acceptors (Lipinski definition) is 6. The zero-order valence-electron chi connectivity index (χ0n) is 21.7. The van der Waals surface area contributed by atoms with E-state index in [1.807, 2.05) is 13.0 Å². The number of esters is 2. The normalized spacial score (nSPS) is 19.1. The summed E-state index contributed by atoms with van der Waals surface area (Å²) in [7, 11) is 0.